The summed E-state index contributed by atoms with van der Waals surface area (Å²) in [6, 6.07) is 5.37. The molecule has 2 heterocycles. The average Bonchev–Trinajstić information content (AvgIpc) is 2.88. The second kappa shape index (κ2) is 3.92. The van der Waals surface area contributed by atoms with Crippen LogP contribution in [-0.2, 0) is 4.79 Å². The Bertz CT molecular complexity index is 699. The fourth-order valence-electron chi connectivity index (χ4n) is 2.38. The molecule has 102 valence electrons. The van der Waals surface area contributed by atoms with E-state index >= 15 is 0 Å². The molecule has 1 N–H and O–H groups in total. The zero-order chi connectivity index (χ0) is 13.7. The predicted molar refractivity (Wildman–Crippen MR) is 63.8 cm³/mol. The highest BCUT2D eigenvalue weighted by Gasteiger charge is 2.47. The SMILES string of the molecule is O=C(O)C1CC1c1nnnn1-c1ccc2c(c1)OCO2. The van der Waals surface area contributed by atoms with Crippen molar-refractivity contribution in [2.75, 3.05) is 6.79 Å². The fraction of sp³-hybridized carbons (Fsp3) is 0.333. The minimum Gasteiger partial charge on any atom is -0.481 e. The average molecular weight is 274 g/mol. The fourth-order valence-corrected chi connectivity index (χ4v) is 2.38. The van der Waals surface area contributed by atoms with Crippen LogP contribution in [0.5, 0.6) is 11.5 Å². The monoisotopic (exact) mass is 274 g/mol. The van der Waals surface area contributed by atoms with Crippen LogP contribution < -0.4 is 9.47 Å². The summed E-state index contributed by atoms with van der Waals surface area (Å²) in [5, 5.41) is 20.5. The van der Waals surface area contributed by atoms with Crippen LogP contribution >= 0.6 is 0 Å². The number of tetrazole rings is 1. The van der Waals surface area contributed by atoms with Gasteiger partial charge in [0.05, 0.1) is 11.6 Å². The van der Waals surface area contributed by atoms with Crippen LogP contribution in [0, 0.1) is 5.92 Å². The molecule has 1 aromatic carbocycles. The number of hydrogen-bond acceptors (Lipinski definition) is 6. The van der Waals surface area contributed by atoms with Crippen molar-refractivity contribution < 1.29 is 19.4 Å². The van der Waals surface area contributed by atoms with Gasteiger partial charge >= 0.3 is 5.97 Å². The molecule has 1 aromatic heterocycles. The van der Waals surface area contributed by atoms with Crippen molar-refractivity contribution >= 4 is 5.97 Å². The molecule has 8 nitrogen and oxygen atoms in total. The lowest BCUT2D eigenvalue weighted by molar-refractivity contribution is -0.138. The van der Waals surface area contributed by atoms with E-state index in [0.717, 1.165) is 5.69 Å². The number of carbonyl (C=O) groups is 1. The second-order valence-corrected chi connectivity index (χ2v) is 4.77. The molecule has 0 bridgehead atoms. The Morgan fingerprint density at radius 1 is 1.35 bits per heavy atom. The van der Waals surface area contributed by atoms with Crippen LogP contribution in [0.2, 0.25) is 0 Å². The Kier molecular flexibility index (Phi) is 2.20. The Hall–Kier alpha value is -2.64. The highest BCUT2D eigenvalue weighted by Crippen LogP contribution is 2.47. The van der Waals surface area contributed by atoms with Crippen molar-refractivity contribution in [1.82, 2.24) is 20.2 Å². The van der Waals surface area contributed by atoms with E-state index in [1.165, 1.54) is 0 Å². The molecule has 1 aliphatic heterocycles. The molecule has 2 aromatic rings. The lowest BCUT2D eigenvalue weighted by atomic mass is 10.2. The maximum atomic E-state index is 11.0. The van der Waals surface area contributed by atoms with Crippen molar-refractivity contribution in [2.45, 2.75) is 12.3 Å². The topological polar surface area (TPSA) is 99.4 Å². The number of aromatic nitrogens is 4. The van der Waals surface area contributed by atoms with Gasteiger partial charge in [0.1, 0.15) is 0 Å². The zero-order valence-electron chi connectivity index (χ0n) is 10.3. The van der Waals surface area contributed by atoms with E-state index in [0.29, 0.717) is 23.7 Å². The highest BCUT2D eigenvalue weighted by molar-refractivity contribution is 5.74. The van der Waals surface area contributed by atoms with Crippen LogP contribution in [0.15, 0.2) is 18.2 Å². The van der Waals surface area contributed by atoms with Gasteiger partial charge in [0.2, 0.25) is 6.79 Å². The second-order valence-electron chi connectivity index (χ2n) is 4.77. The van der Waals surface area contributed by atoms with Gasteiger partial charge in [-0.2, -0.15) is 4.68 Å². The van der Waals surface area contributed by atoms with Crippen molar-refractivity contribution in [3.63, 3.8) is 0 Å². The van der Waals surface area contributed by atoms with Gasteiger partial charge in [-0.3, -0.25) is 4.79 Å². The molecule has 2 atom stereocenters. The summed E-state index contributed by atoms with van der Waals surface area (Å²) in [5.41, 5.74) is 0.727. The highest BCUT2D eigenvalue weighted by atomic mass is 16.7. The number of carboxylic acids is 1. The number of benzene rings is 1. The number of carboxylic acid groups (broad SMARTS) is 1. The summed E-state index contributed by atoms with van der Waals surface area (Å²) in [5.74, 6) is 0.543. The number of aliphatic carboxylic acids is 1. The van der Waals surface area contributed by atoms with Gasteiger partial charge in [0, 0.05) is 12.0 Å². The lowest BCUT2D eigenvalue weighted by Crippen LogP contribution is -2.05. The Balaban J connectivity index is 1.70. The van der Waals surface area contributed by atoms with Gasteiger partial charge in [-0.1, -0.05) is 0 Å². The molecule has 2 unspecified atom stereocenters. The Labute approximate surface area is 112 Å². The molecule has 0 radical (unpaired) electrons. The number of fused-ring (bicyclic) bond motifs is 1. The number of nitrogens with zero attached hydrogens (tertiary/aromatic N) is 4. The lowest BCUT2D eigenvalue weighted by Gasteiger charge is -2.04. The number of rotatable bonds is 3. The van der Waals surface area contributed by atoms with Crippen molar-refractivity contribution in [2.24, 2.45) is 5.92 Å². The quantitative estimate of drug-likeness (QED) is 0.873. The molecule has 2 aliphatic rings. The van der Waals surface area contributed by atoms with Crippen LogP contribution in [-0.4, -0.2) is 38.1 Å². The molecular weight excluding hydrogens is 264 g/mol. The minimum absolute atomic E-state index is 0.132. The molecule has 0 spiro atoms. The maximum absolute atomic E-state index is 11.0. The third kappa shape index (κ3) is 1.61. The molecule has 4 rings (SSSR count). The minimum atomic E-state index is -0.810. The third-order valence-electron chi connectivity index (χ3n) is 3.53. The van der Waals surface area contributed by atoms with Crippen LogP contribution in [0.25, 0.3) is 5.69 Å². The normalized spacial score (nSPS) is 22.8. The van der Waals surface area contributed by atoms with Crippen LogP contribution in [0.4, 0.5) is 0 Å². The smallest absolute Gasteiger partial charge is 0.307 e. The Morgan fingerprint density at radius 2 is 2.20 bits per heavy atom. The number of ether oxygens (including phenoxy) is 2. The first-order valence-corrected chi connectivity index (χ1v) is 6.15. The van der Waals surface area contributed by atoms with Crippen molar-refractivity contribution in [3.8, 4) is 17.2 Å². The van der Waals surface area contributed by atoms with Crippen LogP contribution in [0.1, 0.15) is 18.2 Å². The molecule has 0 saturated heterocycles. The number of hydrogen-bond donors (Lipinski definition) is 1. The zero-order valence-corrected chi connectivity index (χ0v) is 10.3. The van der Waals surface area contributed by atoms with E-state index in [4.69, 9.17) is 14.6 Å². The summed E-state index contributed by atoms with van der Waals surface area (Å²) < 4.78 is 12.1. The van der Waals surface area contributed by atoms with Gasteiger partial charge in [-0.15, -0.1) is 5.10 Å². The molecule has 20 heavy (non-hydrogen) atoms. The van der Waals surface area contributed by atoms with E-state index in [9.17, 15) is 4.79 Å². The van der Waals surface area contributed by atoms with E-state index in [-0.39, 0.29) is 12.7 Å². The molecule has 0 amide bonds. The van der Waals surface area contributed by atoms with Gasteiger partial charge in [0.15, 0.2) is 17.3 Å². The third-order valence-corrected chi connectivity index (χ3v) is 3.53. The summed E-state index contributed by atoms with van der Waals surface area (Å²) in [6.07, 6.45) is 0.570. The predicted octanol–water partition coefficient (Wildman–Crippen LogP) is 0.579. The summed E-state index contributed by atoms with van der Waals surface area (Å²) in [4.78, 5) is 11.0. The van der Waals surface area contributed by atoms with E-state index in [2.05, 4.69) is 15.5 Å². The van der Waals surface area contributed by atoms with Gasteiger partial charge in [0.25, 0.3) is 0 Å². The first-order chi connectivity index (χ1) is 9.74. The van der Waals surface area contributed by atoms with Gasteiger partial charge in [-0.05, 0) is 29.0 Å². The van der Waals surface area contributed by atoms with Crippen LogP contribution in [0.3, 0.4) is 0 Å². The largest absolute Gasteiger partial charge is 0.481 e. The van der Waals surface area contributed by atoms with E-state index in [1.807, 2.05) is 6.07 Å². The van der Waals surface area contributed by atoms with E-state index < -0.39 is 11.9 Å². The van der Waals surface area contributed by atoms with Crippen molar-refractivity contribution in [1.29, 1.82) is 0 Å². The van der Waals surface area contributed by atoms with Gasteiger partial charge in [-0.25, -0.2) is 0 Å². The van der Waals surface area contributed by atoms with E-state index in [1.54, 1.807) is 16.8 Å². The first kappa shape index (κ1) is 11.2. The molecule has 1 saturated carbocycles. The van der Waals surface area contributed by atoms with Gasteiger partial charge < -0.3 is 14.6 Å². The summed E-state index contributed by atoms with van der Waals surface area (Å²) in [6.45, 7) is 0.199. The summed E-state index contributed by atoms with van der Waals surface area (Å²) >= 11 is 0. The standard InChI is InChI=1S/C12H10N4O4/c17-12(18)8-4-7(8)11-13-14-15-16(11)6-1-2-9-10(3-6)20-5-19-9/h1-3,7-8H,4-5H2,(H,17,18). The Morgan fingerprint density at radius 3 is 3.00 bits per heavy atom. The summed E-state index contributed by atoms with van der Waals surface area (Å²) in [7, 11) is 0. The maximum Gasteiger partial charge on any atom is 0.307 e. The first-order valence-electron chi connectivity index (χ1n) is 6.15. The molecule has 8 heteroatoms. The van der Waals surface area contributed by atoms with Crippen molar-refractivity contribution in [3.05, 3.63) is 24.0 Å². The molecular formula is C12H10N4O4. The molecule has 1 aliphatic carbocycles. The molecule has 1 fully saturated rings.